The summed E-state index contributed by atoms with van der Waals surface area (Å²) < 4.78 is 1.92. The van der Waals surface area contributed by atoms with E-state index in [9.17, 15) is 9.90 Å². The Kier molecular flexibility index (Phi) is 2.98. The molecule has 1 aromatic rings. The lowest BCUT2D eigenvalue weighted by Gasteiger charge is -2.24. The maximum atomic E-state index is 11.5. The summed E-state index contributed by atoms with van der Waals surface area (Å²) in [7, 11) is 0. The second kappa shape index (κ2) is 4.17. The van der Waals surface area contributed by atoms with Gasteiger partial charge in [0, 0.05) is 18.7 Å². The van der Waals surface area contributed by atoms with E-state index in [0.29, 0.717) is 12.3 Å². The highest BCUT2D eigenvalue weighted by molar-refractivity contribution is 5.75. The smallest absolute Gasteiger partial charge is 0.310 e. The van der Waals surface area contributed by atoms with E-state index in [0.717, 1.165) is 30.8 Å². The Hall–Kier alpha value is -1.32. The summed E-state index contributed by atoms with van der Waals surface area (Å²) in [5.74, 6) is -0.345. The van der Waals surface area contributed by atoms with Crippen molar-refractivity contribution in [3.8, 4) is 0 Å². The highest BCUT2D eigenvalue weighted by Gasteiger charge is 2.47. The van der Waals surface area contributed by atoms with E-state index in [2.05, 4.69) is 5.10 Å². The minimum atomic E-state index is -0.679. The average molecular weight is 236 g/mol. The fourth-order valence-electron chi connectivity index (χ4n) is 2.51. The average Bonchev–Trinajstić information content (AvgIpc) is 3.04. The molecule has 1 unspecified atom stereocenters. The van der Waals surface area contributed by atoms with Crippen molar-refractivity contribution in [3.63, 3.8) is 0 Å². The van der Waals surface area contributed by atoms with E-state index in [4.69, 9.17) is 0 Å². The van der Waals surface area contributed by atoms with E-state index in [1.54, 1.807) is 0 Å². The molecule has 1 aliphatic carbocycles. The Labute approximate surface area is 102 Å². The van der Waals surface area contributed by atoms with Crippen molar-refractivity contribution in [1.82, 2.24) is 9.78 Å². The van der Waals surface area contributed by atoms with Gasteiger partial charge in [-0.2, -0.15) is 5.10 Å². The maximum absolute atomic E-state index is 11.5. The number of carbonyl (C=O) groups is 1. The van der Waals surface area contributed by atoms with E-state index < -0.39 is 11.4 Å². The lowest BCUT2D eigenvalue weighted by molar-refractivity contribution is -0.149. The molecule has 1 atom stereocenters. The van der Waals surface area contributed by atoms with Crippen LogP contribution in [0, 0.1) is 18.3 Å². The van der Waals surface area contributed by atoms with Crippen LogP contribution in [0.3, 0.4) is 0 Å². The van der Waals surface area contributed by atoms with Crippen molar-refractivity contribution in [2.75, 3.05) is 0 Å². The monoisotopic (exact) mass is 236 g/mol. The van der Waals surface area contributed by atoms with Crippen LogP contribution in [0.2, 0.25) is 0 Å². The molecular weight excluding hydrogens is 216 g/mol. The molecule has 2 rings (SSSR count). The second-order valence-corrected chi connectivity index (χ2v) is 5.27. The Morgan fingerprint density at radius 1 is 1.65 bits per heavy atom. The second-order valence-electron chi connectivity index (χ2n) is 5.27. The lowest BCUT2D eigenvalue weighted by atomic mass is 9.80. The molecule has 0 spiro atoms. The van der Waals surface area contributed by atoms with Crippen molar-refractivity contribution < 1.29 is 9.90 Å². The first-order valence-corrected chi connectivity index (χ1v) is 6.24. The number of aromatic nitrogens is 2. The predicted molar refractivity (Wildman–Crippen MR) is 64.8 cm³/mol. The van der Waals surface area contributed by atoms with Crippen LogP contribution in [-0.2, 0) is 17.8 Å². The first-order chi connectivity index (χ1) is 7.97. The van der Waals surface area contributed by atoms with Gasteiger partial charge in [-0.15, -0.1) is 0 Å². The fourth-order valence-corrected chi connectivity index (χ4v) is 2.51. The fraction of sp³-hybridized carbons (Fsp3) is 0.692. The SMILES string of the molecule is CCn1nc(C)cc1CC(C)(C(=O)O)C1CC1. The summed E-state index contributed by atoms with van der Waals surface area (Å²) in [5, 5.41) is 13.8. The van der Waals surface area contributed by atoms with Gasteiger partial charge in [0.05, 0.1) is 11.1 Å². The largest absolute Gasteiger partial charge is 0.481 e. The number of aryl methyl sites for hydroxylation is 2. The third kappa shape index (κ3) is 2.21. The predicted octanol–water partition coefficient (Wildman–Crippen LogP) is 2.25. The van der Waals surface area contributed by atoms with Gasteiger partial charge in [0.15, 0.2) is 0 Å². The van der Waals surface area contributed by atoms with E-state index in [1.807, 2.05) is 31.5 Å². The van der Waals surface area contributed by atoms with Crippen LogP contribution in [0.5, 0.6) is 0 Å². The molecule has 0 aliphatic heterocycles. The van der Waals surface area contributed by atoms with Gasteiger partial charge in [0.25, 0.3) is 0 Å². The zero-order chi connectivity index (χ0) is 12.6. The molecule has 1 aromatic heterocycles. The first-order valence-electron chi connectivity index (χ1n) is 6.24. The number of rotatable bonds is 5. The molecule has 1 N–H and O–H groups in total. The van der Waals surface area contributed by atoms with Crippen LogP contribution in [0.1, 0.15) is 38.1 Å². The van der Waals surface area contributed by atoms with Gasteiger partial charge < -0.3 is 5.11 Å². The minimum absolute atomic E-state index is 0.334. The van der Waals surface area contributed by atoms with E-state index >= 15 is 0 Å². The molecule has 0 bridgehead atoms. The van der Waals surface area contributed by atoms with E-state index in [1.165, 1.54) is 0 Å². The molecule has 0 saturated heterocycles. The molecule has 0 aromatic carbocycles. The highest BCUT2D eigenvalue weighted by Crippen LogP contribution is 2.47. The topological polar surface area (TPSA) is 55.1 Å². The molecule has 1 fully saturated rings. The third-order valence-corrected chi connectivity index (χ3v) is 3.80. The van der Waals surface area contributed by atoms with Crippen molar-refractivity contribution >= 4 is 5.97 Å². The molecule has 17 heavy (non-hydrogen) atoms. The number of nitrogens with zero attached hydrogens (tertiary/aromatic N) is 2. The highest BCUT2D eigenvalue weighted by atomic mass is 16.4. The number of carboxylic acids is 1. The number of aliphatic carboxylic acids is 1. The van der Waals surface area contributed by atoms with Crippen LogP contribution in [0.4, 0.5) is 0 Å². The summed E-state index contributed by atoms with van der Waals surface area (Å²) >= 11 is 0. The zero-order valence-corrected chi connectivity index (χ0v) is 10.7. The first kappa shape index (κ1) is 12.1. The Bertz CT molecular complexity index is 435. The van der Waals surface area contributed by atoms with Crippen LogP contribution in [0.25, 0.3) is 0 Å². The molecule has 0 radical (unpaired) electrons. The number of carboxylic acid groups (broad SMARTS) is 1. The maximum Gasteiger partial charge on any atom is 0.310 e. The van der Waals surface area contributed by atoms with Crippen LogP contribution >= 0.6 is 0 Å². The summed E-state index contributed by atoms with van der Waals surface area (Å²) in [6, 6.07) is 2.01. The van der Waals surface area contributed by atoms with Crippen molar-refractivity contribution in [1.29, 1.82) is 0 Å². The van der Waals surface area contributed by atoms with Crippen molar-refractivity contribution in [2.24, 2.45) is 11.3 Å². The van der Waals surface area contributed by atoms with Gasteiger partial charge in [0.1, 0.15) is 0 Å². The molecule has 4 heteroatoms. The molecular formula is C13H20N2O2. The lowest BCUT2D eigenvalue weighted by Crippen LogP contribution is -2.33. The van der Waals surface area contributed by atoms with Gasteiger partial charge in [0.2, 0.25) is 0 Å². The van der Waals surface area contributed by atoms with Crippen molar-refractivity contribution in [3.05, 3.63) is 17.5 Å². The number of hydrogen-bond donors (Lipinski definition) is 1. The Morgan fingerprint density at radius 3 is 2.76 bits per heavy atom. The Balaban J connectivity index is 2.25. The molecule has 0 amide bonds. The molecule has 1 heterocycles. The molecule has 1 aliphatic rings. The van der Waals surface area contributed by atoms with Crippen LogP contribution < -0.4 is 0 Å². The standard InChI is InChI=1S/C13H20N2O2/c1-4-15-11(7-9(2)14-15)8-13(3,12(16)17)10-5-6-10/h7,10H,4-6,8H2,1-3H3,(H,16,17). The summed E-state index contributed by atoms with van der Waals surface area (Å²) in [6.45, 7) is 6.65. The van der Waals surface area contributed by atoms with Gasteiger partial charge in [-0.05, 0) is 45.6 Å². The van der Waals surface area contributed by atoms with Gasteiger partial charge >= 0.3 is 5.97 Å². The number of hydrogen-bond acceptors (Lipinski definition) is 2. The van der Waals surface area contributed by atoms with Crippen LogP contribution in [0.15, 0.2) is 6.07 Å². The summed E-state index contributed by atoms with van der Waals surface area (Å²) in [4.78, 5) is 11.5. The summed E-state index contributed by atoms with van der Waals surface area (Å²) in [6.07, 6.45) is 2.67. The Morgan fingerprint density at radius 2 is 2.29 bits per heavy atom. The normalized spacial score (nSPS) is 19.0. The van der Waals surface area contributed by atoms with Crippen molar-refractivity contribution in [2.45, 2.75) is 46.6 Å². The quantitative estimate of drug-likeness (QED) is 0.853. The minimum Gasteiger partial charge on any atom is -0.481 e. The van der Waals surface area contributed by atoms with E-state index in [-0.39, 0.29) is 0 Å². The third-order valence-electron chi connectivity index (χ3n) is 3.80. The molecule has 1 saturated carbocycles. The van der Waals surface area contributed by atoms with Gasteiger partial charge in [-0.3, -0.25) is 9.48 Å². The summed E-state index contributed by atoms with van der Waals surface area (Å²) in [5.41, 5.74) is 1.38. The molecule has 94 valence electrons. The van der Waals surface area contributed by atoms with Gasteiger partial charge in [-0.1, -0.05) is 0 Å². The van der Waals surface area contributed by atoms with Crippen LogP contribution in [-0.4, -0.2) is 20.9 Å². The zero-order valence-electron chi connectivity index (χ0n) is 10.7. The van der Waals surface area contributed by atoms with Gasteiger partial charge in [-0.25, -0.2) is 0 Å². The molecule has 4 nitrogen and oxygen atoms in total.